The second kappa shape index (κ2) is 2.29. The highest BCUT2D eigenvalue weighted by molar-refractivity contribution is 5.32. The van der Waals surface area contributed by atoms with Gasteiger partial charge in [-0.15, -0.1) is 0 Å². The first-order valence-corrected chi connectivity index (χ1v) is 4.82. The van der Waals surface area contributed by atoms with Gasteiger partial charge in [0.2, 0.25) is 12.2 Å². The summed E-state index contributed by atoms with van der Waals surface area (Å²) >= 11 is 0. The Morgan fingerprint density at radius 2 is 2.53 bits per heavy atom. The van der Waals surface area contributed by atoms with Crippen LogP contribution in [-0.4, -0.2) is 50.0 Å². The number of aliphatic hydroxyl groups is 1. The second-order valence-electron chi connectivity index (χ2n) is 4.11. The van der Waals surface area contributed by atoms with Gasteiger partial charge in [0, 0.05) is 6.42 Å². The van der Waals surface area contributed by atoms with Gasteiger partial charge in [-0.2, -0.15) is 0 Å². The normalized spacial score (nSPS) is 46.1. The number of hydrogen-bond donors (Lipinski definition) is 2. The molecule has 4 rings (SSSR count). The second-order valence-corrected chi connectivity index (χ2v) is 4.11. The topological polar surface area (TPSA) is 94.3 Å². The molecule has 4 bridgehead atoms. The van der Waals surface area contributed by atoms with Gasteiger partial charge < -0.3 is 19.9 Å². The summed E-state index contributed by atoms with van der Waals surface area (Å²) in [4.78, 5) is 0. The van der Waals surface area contributed by atoms with Gasteiger partial charge in [-0.1, -0.05) is 5.10 Å². The maximum Gasteiger partial charge on any atom is 0.245 e. The minimum Gasteiger partial charge on any atom is -0.366 e. The standard InChI is InChI=1S/C7H9N5O3/c13-7-1-3(4-2-14-5(7)15-4)12-6(8-7)9-10-11-12/h3-5,13H,1-2H2,(H,8,9,11)/t3-,4?,5+,7?/m0/s1. The summed E-state index contributed by atoms with van der Waals surface area (Å²) in [5.41, 5.74) is -1.21. The molecule has 0 aromatic carbocycles. The zero-order valence-corrected chi connectivity index (χ0v) is 7.70. The first kappa shape index (κ1) is 7.97. The zero-order valence-electron chi connectivity index (χ0n) is 7.70. The fourth-order valence-corrected chi connectivity index (χ4v) is 2.47. The average Bonchev–Trinajstić information content (AvgIpc) is 2.80. The largest absolute Gasteiger partial charge is 0.366 e. The first-order chi connectivity index (χ1) is 7.26. The Morgan fingerprint density at radius 3 is 3.47 bits per heavy atom. The number of rotatable bonds is 0. The van der Waals surface area contributed by atoms with E-state index >= 15 is 0 Å². The molecular weight excluding hydrogens is 202 g/mol. The predicted octanol–water partition coefficient (Wildman–Crippen LogP) is -1.53. The molecular formula is C7H9N5O3. The minimum absolute atomic E-state index is 0.0556. The maximum absolute atomic E-state index is 10.3. The third kappa shape index (κ3) is 0.845. The Balaban J connectivity index is 1.89. The van der Waals surface area contributed by atoms with E-state index in [-0.39, 0.29) is 12.1 Å². The lowest BCUT2D eigenvalue weighted by Gasteiger charge is -2.43. The highest BCUT2D eigenvalue weighted by Crippen LogP contribution is 2.44. The summed E-state index contributed by atoms with van der Waals surface area (Å²) in [5, 5.41) is 24.4. The molecule has 0 spiro atoms. The van der Waals surface area contributed by atoms with Crippen molar-refractivity contribution in [1.29, 1.82) is 0 Å². The van der Waals surface area contributed by atoms with Gasteiger partial charge in [0.05, 0.1) is 12.6 Å². The summed E-state index contributed by atoms with van der Waals surface area (Å²) in [6.45, 7) is 0.471. The van der Waals surface area contributed by atoms with E-state index < -0.39 is 12.0 Å². The number of fused-ring (bicyclic) bond motifs is 8. The van der Waals surface area contributed by atoms with Gasteiger partial charge in [0.25, 0.3) is 0 Å². The van der Waals surface area contributed by atoms with Crippen molar-refractivity contribution >= 4 is 5.95 Å². The van der Waals surface area contributed by atoms with Crippen LogP contribution in [-0.2, 0) is 9.47 Å². The van der Waals surface area contributed by atoms with Gasteiger partial charge in [0.15, 0.2) is 5.72 Å². The number of ether oxygens (including phenoxy) is 2. The van der Waals surface area contributed by atoms with Gasteiger partial charge in [0.1, 0.15) is 6.10 Å². The lowest BCUT2D eigenvalue weighted by atomic mass is 9.95. The third-order valence-corrected chi connectivity index (χ3v) is 3.18. The van der Waals surface area contributed by atoms with Crippen molar-refractivity contribution < 1.29 is 14.6 Å². The van der Waals surface area contributed by atoms with Gasteiger partial charge in [-0.3, -0.25) is 0 Å². The molecule has 3 aliphatic heterocycles. The molecule has 3 aliphatic rings. The lowest BCUT2D eigenvalue weighted by molar-refractivity contribution is -0.215. The molecule has 2 saturated heterocycles. The number of anilines is 1. The monoisotopic (exact) mass is 211 g/mol. The average molecular weight is 211 g/mol. The quantitative estimate of drug-likeness (QED) is 0.537. The van der Waals surface area contributed by atoms with Crippen LogP contribution in [0.3, 0.4) is 0 Å². The smallest absolute Gasteiger partial charge is 0.245 e. The Bertz CT molecular complexity index is 423. The zero-order chi connectivity index (χ0) is 10.0. The third-order valence-electron chi connectivity index (χ3n) is 3.18. The molecule has 2 N–H and O–H groups in total. The van der Waals surface area contributed by atoms with Crippen LogP contribution in [0, 0.1) is 0 Å². The molecule has 8 heteroatoms. The van der Waals surface area contributed by atoms with E-state index in [1.807, 2.05) is 0 Å². The Hall–Kier alpha value is -1.25. The molecule has 2 unspecified atom stereocenters. The molecule has 0 saturated carbocycles. The van der Waals surface area contributed by atoms with Crippen molar-refractivity contribution in [1.82, 2.24) is 20.2 Å². The number of aromatic nitrogens is 4. The SMILES string of the molecule is OC12C[C@@H](C3CO[C@@H]1O3)n1nnnc1N2. The van der Waals surface area contributed by atoms with Crippen LogP contribution in [0.25, 0.3) is 0 Å². The molecule has 8 nitrogen and oxygen atoms in total. The van der Waals surface area contributed by atoms with Crippen LogP contribution in [0.1, 0.15) is 12.5 Å². The molecule has 1 aromatic rings. The Kier molecular flexibility index (Phi) is 1.21. The summed E-state index contributed by atoms with van der Waals surface area (Å²) in [7, 11) is 0. The van der Waals surface area contributed by atoms with Gasteiger partial charge >= 0.3 is 0 Å². The molecule has 4 heterocycles. The predicted molar refractivity (Wildman–Crippen MR) is 44.7 cm³/mol. The van der Waals surface area contributed by atoms with Crippen molar-refractivity contribution in [2.24, 2.45) is 0 Å². The van der Waals surface area contributed by atoms with E-state index in [9.17, 15) is 5.11 Å². The van der Waals surface area contributed by atoms with E-state index in [0.717, 1.165) is 0 Å². The highest BCUT2D eigenvalue weighted by atomic mass is 16.7. The summed E-state index contributed by atoms with van der Waals surface area (Å²) in [6, 6.07) is -0.0556. The van der Waals surface area contributed by atoms with Gasteiger partial charge in [-0.05, 0) is 10.4 Å². The molecule has 15 heavy (non-hydrogen) atoms. The highest BCUT2D eigenvalue weighted by Gasteiger charge is 2.57. The van der Waals surface area contributed by atoms with E-state index in [2.05, 4.69) is 20.8 Å². The van der Waals surface area contributed by atoms with Crippen molar-refractivity contribution in [2.75, 3.05) is 11.9 Å². The molecule has 0 aliphatic carbocycles. The number of nitrogens with one attached hydrogen (secondary N) is 1. The Labute approximate surface area is 84.2 Å². The maximum atomic E-state index is 10.3. The van der Waals surface area contributed by atoms with Crippen LogP contribution in [0.4, 0.5) is 5.95 Å². The van der Waals surface area contributed by atoms with Crippen molar-refractivity contribution in [3.05, 3.63) is 0 Å². The summed E-state index contributed by atoms with van der Waals surface area (Å²) < 4.78 is 12.6. The minimum atomic E-state index is -1.21. The number of hydrogen-bond acceptors (Lipinski definition) is 7. The van der Waals surface area contributed by atoms with Crippen molar-refractivity contribution in [2.45, 2.75) is 30.6 Å². The fraction of sp³-hybridized carbons (Fsp3) is 0.857. The molecule has 1 aromatic heterocycles. The summed E-state index contributed by atoms with van der Waals surface area (Å²) in [6.07, 6.45) is -0.191. The van der Waals surface area contributed by atoms with Crippen molar-refractivity contribution in [3.8, 4) is 0 Å². The van der Waals surface area contributed by atoms with E-state index in [4.69, 9.17) is 9.47 Å². The van der Waals surface area contributed by atoms with Crippen LogP contribution >= 0.6 is 0 Å². The van der Waals surface area contributed by atoms with Crippen molar-refractivity contribution in [3.63, 3.8) is 0 Å². The molecule has 0 radical (unpaired) electrons. The molecule has 0 amide bonds. The first-order valence-electron chi connectivity index (χ1n) is 4.82. The van der Waals surface area contributed by atoms with Gasteiger partial charge in [-0.25, -0.2) is 4.68 Å². The van der Waals surface area contributed by atoms with Crippen LogP contribution < -0.4 is 5.32 Å². The molecule has 80 valence electrons. The Morgan fingerprint density at radius 1 is 1.60 bits per heavy atom. The van der Waals surface area contributed by atoms with Crippen LogP contribution in [0.2, 0.25) is 0 Å². The van der Waals surface area contributed by atoms with E-state index in [0.29, 0.717) is 19.0 Å². The molecule has 4 atom stereocenters. The van der Waals surface area contributed by atoms with E-state index in [1.54, 1.807) is 4.68 Å². The lowest BCUT2D eigenvalue weighted by Crippen LogP contribution is -2.58. The fourth-order valence-electron chi connectivity index (χ4n) is 2.47. The van der Waals surface area contributed by atoms with Crippen LogP contribution in [0.5, 0.6) is 0 Å². The summed E-state index contributed by atoms with van der Waals surface area (Å²) in [5.74, 6) is 0.470. The number of nitrogens with zero attached hydrogens (tertiary/aromatic N) is 4. The van der Waals surface area contributed by atoms with Crippen LogP contribution in [0.15, 0.2) is 0 Å². The van der Waals surface area contributed by atoms with E-state index in [1.165, 1.54) is 0 Å². The molecule has 2 fully saturated rings. The number of tetrazole rings is 1.